The molecule has 1 aliphatic heterocycles. The Morgan fingerprint density at radius 1 is 1.00 bits per heavy atom. The molecular weight excluding hydrogens is 404 g/mol. The Balaban J connectivity index is 1.73. The van der Waals surface area contributed by atoms with Crippen molar-refractivity contribution < 1.29 is 9.53 Å². The highest BCUT2D eigenvalue weighted by atomic mass is 32.2. The van der Waals surface area contributed by atoms with Gasteiger partial charge < -0.3 is 4.74 Å². The van der Waals surface area contributed by atoms with Gasteiger partial charge in [0.2, 0.25) is 0 Å². The Morgan fingerprint density at radius 2 is 1.68 bits per heavy atom. The number of thioether (sulfide) groups is 1. The maximum atomic E-state index is 13.5. The molecule has 0 unspecified atom stereocenters. The van der Waals surface area contributed by atoms with Crippen LogP contribution in [-0.2, 0) is 4.79 Å². The van der Waals surface area contributed by atoms with E-state index in [1.165, 1.54) is 11.8 Å². The number of aliphatic imine (C=N–C) groups is 1. The fourth-order valence-electron chi connectivity index (χ4n) is 3.54. The minimum Gasteiger partial charge on any atom is -0.496 e. The first-order chi connectivity index (χ1) is 15.1. The second-order valence-electron chi connectivity index (χ2n) is 7.33. The Morgan fingerprint density at radius 3 is 2.32 bits per heavy atom. The molecule has 0 bridgehead atoms. The van der Waals surface area contributed by atoms with Crippen LogP contribution < -0.4 is 4.74 Å². The van der Waals surface area contributed by atoms with Gasteiger partial charge in [-0.2, -0.15) is 0 Å². The summed E-state index contributed by atoms with van der Waals surface area (Å²) >= 11 is 1.41. The van der Waals surface area contributed by atoms with Gasteiger partial charge in [0.1, 0.15) is 5.75 Å². The van der Waals surface area contributed by atoms with Crippen LogP contribution in [0.15, 0.2) is 88.8 Å². The molecule has 0 N–H and O–H groups in total. The number of rotatable bonds is 5. The van der Waals surface area contributed by atoms with Crippen molar-refractivity contribution in [3.63, 3.8) is 0 Å². The zero-order valence-electron chi connectivity index (χ0n) is 17.8. The van der Waals surface area contributed by atoms with E-state index < -0.39 is 0 Å². The summed E-state index contributed by atoms with van der Waals surface area (Å²) in [7, 11) is 1.66. The lowest BCUT2D eigenvalue weighted by Gasteiger charge is -2.24. The summed E-state index contributed by atoms with van der Waals surface area (Å²) in [5.74, 6) is 0.794. The minimum absolute atomic E-state index is 0.0375. The van der Waals surface area contributed by atoms with Crippen molar-refractivity contribution in [1.82, 2.24) is 4.90 Å². The molecule has 1 atom stereocenters. The molecule has 0 radical (unpaired) electrons. The lowest BCUT2D eigenvalue weighted by Crippen LogP contribution is -2.32. The van der Waals surface area contributed by atoms with E-state index in [1.807, 2.05) is 98.8 Å². The highest BCUT2D eigenvalue weighted by molar-refractivity contribution is 8.18. The Labute approximate surface area is 187 Å². The van der Waals surface area contributed by atoms with E-state index in [0.29, 0.717) is 10.1 Å². The van der Waals surface area contributed by atoms with Gasteiger partial charge in [0.25, 0.3) is 5.91 Å². The van der Waals surface area contributed by atoms with E-state index >= 15 is 0 Å². The van der Waals surface area contributed by atoms with Crippen molar-refractivity contribution in [2.45, 2.75) is 19.9 Å². The van der Waals surface area contributed by atoms with Gasteiger partial charge in [-0.05, 0) is 72.6 Å². The molecule has 1 fully saturated rings. The molecule has 1 saturated heterocycles. The first-order valence-corrected chi connectivity index (χ1v) is 10.9. The summed E-state index contributed by atoms with van der Waals surface area (Å²) < 4.78 is 5.35. The Kier molecular flexibility index (Phi) is 6.23. The number of benzene rings is 3. The number of ether oxygens (including phenoxy) is 1. The van der Waals surface area contributed by atoms with E-state index in [0.717, 1.165) is 28.1 Å². The number of carbonyl (C=O) groups excluding carboxylic acids is 1. The van der Waals surface area contributed by atoms with Gasteiger partial charge in [0, 0.05) is 0 Å². The molecule has 3 aromatic rings. The zero-order valence-corrected chi connectivity index (χ0v) is 18.6. The molecule has 0 aliphatic carbocycles. The van der Waals surface area contributed by atoms with Crippen molar-refractivity contribution in [2.75, 3.05) is 7.11 Å². The first kappa shape index (κ1) is 20.9. The standard InChI is InChI=1S/C26H24N2O2S/c1-18-16-20(14-15-23(18)30-3)17-24-25(29)28(19(2)21-10-6-4-7-11-21)26(31-24)27-22-12-8-5-9-13-22/h4-17,19H,1-3H3/b24-17+,27-26?/t19-/m1/s1. The summed E-state index contributed by atoms with van der Waals surface area (Å²) in [6.45, 7) is 4.03. The van der Waals surface area contributed by atoms with Gasteiger partial charge in [-0.1, -0.05) is 54.6 Å². The second-order valence-corrected chi connectivity index (χ2v) is 8.34. The van der Waals surface area contributed by atoms with Gasteiger partial charge >= 0.3 is 0 Å². The topological polar surface area (TPSA) is 41.9 Å². The molecule has 156 valence electrons. The molecular formula is C26H24N2O2S. The van der Waals surface area contributed by atoms with E-state index in [4.69, 9.17) is 9.73 Å². The number of methoxy groups -OCH3 is 1. The molecule has 31 heavy (non-hydrogen) atoms. The van der Waals surface area contributed by atoms with Gasteiger partial charge in [-0.3, -0.25) is 9.69 Å². The number of hydrogen-bond donors (Lipinski definition) is 0. The third-order valence-electron chi connectivity index (χ3n) is 5.20. The molecule has 4 rings (SSSR count). The average molecular weight is 429 g/mol. The quantitative estimate of drug-likeness (QED) is 0.444. The van der Waals surface area contributed by atoms with Crippen LogP contribution in [-0.4, -0.2) is 23.1 Å². The van der Waals surface area contributed by atoms with Crippen molar-refractivity contribution in [3.05, 3.63) is 100 Å². The summed E-state index contributed by atoms with van der Waals surface area (Å²) in [5.41, 5.74) is 3.88. The molecule has 0 aromatic heterocycles. The highest BCUT2D eigenvalue weighted by Crippen LogP contribution is 2.39. The Hall–Kier alpha value is -3.31. The molecule has 1 amide bonds. The van der Waals surface area contributed by atoms with Crippen LogP contribution in [0.4, 0.5) is 5.69 Å². The van der Waals surface area contributed by atoms with Crippen LogP contribution in [0.2, 0.25) is 0 Å². The molecule has 0 saturated carbocycles. The SMILES string of the molecule is COc1ccc(/C=C2/SC(=Nc3ccccc3)N([C@H](C)c3ccccc3)C2=O)cc1C. The molecule has 5 heteroatoms. The van der Waals surface area contributed by atoms with Crippen LogP contribution in [0.5, 0.6) is 5.75 Å². The highest BCUT2D eigenvalue weighted by Gasteiger charge is 2.37. The number of nitrogens with zero attached hydrogens (tertiary/aromatic N) is 2. The third kappa shape index (κ3) is 4.57. The molecule has 4 nitrogen and oxygen atoms in total. The number of para-hydroxylation sites is 1. The summed E-state index contributed by atoms with van der Waals surface area (Å²) in [5, 5.41) is 0.684. The number of carbonyl (C=O) groups is 1. The van der Waals surface area contributed by atoms with Crippen molar-refractivity contribution in [3.8, 4) is 5.75 Å². The fraction of sp³-hybridized carbons (Fsp3) is 0.154. The van der Waals surface area contributed by atoms with Gasteiger partial charge in [0.15, 0.2) is 5.17 Å². The van der Waals surface area contributed by atoms with Crippen molar-refractivity contribution in [1.29, 1.82) is 0 Å². The van der Waals surface area contributed by atoms with Gasteiger partial charge in [-0.15, -0.1) is 0 Å². The minimum atomic E-state index is -0.132. The number of amidine groups is 1. The smallest absolute Gasteiger partial charge is 0.267 e. The zero-order chi connectivity index (χ0) is 21.8. The average Bonchev–Trinajstić information content (AvgIpc) is 3.09. The third-order valence-corrected chi connectivity index (χ3v) is 6.19. The second kappa shape index (κ2) is 9.23. The van der Waals surface area contributed by atoms with Crippen LogP contribution in [0.25, 0.3) is 6.08 Å². The summed E-state index contributed by atoms with van der Waals surface area (Å²) in [6.07, 6.45) is 1.93. The maximum absolute atomic E-state index is 13.5. The van der Waals surface area contributed by atoms with E-state index in [2.05, 4.69) is 0 Å². The molecule has 3 aromatic carbocycles. The maximum Gasteiger partial charge on any atom is 0.267 e. The normalized spacial score (nSPS) is 17.4. The number of hydrogen-bond acceptors (Lipinski definition) is 4. The first-order valence-electron chi connectivity index (χ1n) is 10.1. The predicted molar refractivity (Wildman–Crippen MR) is 129 cm³/mol. The van der Waals surface area contributed by atoms with Crippen LogP contribution in [0.3, 0.4) is 0 Å². The molecule has 0 spiro atoms. The lowest BCUT2D eigenvalue weighted by molar-refractivity contribution is -0.123. The fourth-order valence-corrected chi connectivity index (χ4v) is 4.61. The van der Waals surface area contributed by atoms with Gasteiger partial charge in [-0.25, -0.2) is 4.99 Å². The van der Waals surface area contributed by atoms with Crippen LogP contribution in [0.1, 0.15) is 29.7 Å². The van der Waals surface area contributed by atoms with Crippen LogP contribution in [0, 0.1) is 6.92 Å². The van der Waals surface area contributed by atoms with E-state index in [9.17, 15) is 4.79 Å². The lowest BCUT2D eigenvalue weighted by atomic mass is 10.1. The Bertz CT molecular complexity index is 1140. The van der Waals surface area contributed by atoms with Gasteiger partial charge in [0.05, 0.1) is 23.7 Å². The molecule has 1 aliphatic rings. The number of aryl methyl sites for hydroxylation is 1. The van der Waals surface area contributed by atoms with Crippen LogP contribution >= 0.6 is 11.8 Å². The van der Waals surface area contributed by atoms with E-state index in [-0.39, 0.29) is 11.9 Å². The van der Waals surface area contributed by atoms with Crippen molar-refractivity contribution in [2.24, 2.45) is 4.99 Å². The van der Waals surface area contributed by atoms with Crippen molar-refractivity contribution >= 4 is 34.6 Å². The van der Waals surface area contributed by atoms with E-state index in [1.54, 1.807) is 12.0 Å². The predicted octanol–water partition coefficient (Wildman–Crippen LogP) is 6.37. The summed E-state index contributed by atoms with van der Waals surface area (Å²) in [4.78, 5) is 20.7. The monoisotopic (exact) mass is 428 g/mol. The number of amides is 1. The molecule has 1 heterocycles. The summed E-state index contributed by atoms with van der Waals surface area (Å²) in [6, 6.07) is 25.6. The largest absolute Gasteiger partial charge is 0.496 e.